The van der Waals surface area contributed by atoms with E-state index in [0.29, 0.717) is 16.3 Å². The molecule has 7 heteroatoms. The maximum Gasteiger partial charge on any atom is 0.356 e. The Balaban J connectivity index is 2.23. The molecule has 0 saturated carbocycles. The van der Waals surface area contributed by atoms with Gasteiger partial charge in [-0.3, -0.25) is 4.98 Å². The summed E-state index contributed by atoms with van der Waals surface area (Å²) < 4.78 is 1.76. The molecule has 0 fully saturated rings. The van der Waals surface area contributed by atoms with Crippen LogP contribution in [-0.2, 0) is 0 Å². The zero-order valence-electron chi connectivity index (χ0n) is 12.5. The highest BCUT2D eigenvalue weighted by atomic mass is 35.5. The van der Waals surface area contributed by atoms with Gasteiger partial charge >= 0.3 is 5.97 Å². The van der Waals surface area contributed by atoms with E-state index >= 15 is 0 Å². The molecule has 2 heterocycles. The summed E-state index contributed by atoms with van der Waals surface area (Å²) in [5.41, 5.74) is 3.57. The number of aryl methyl sites for hydroxylation is 2. The number of carboxylic acid groups (broad SMARTS) is 1. The van der Waals surface area contributed by atoms with Crippen molar-refractivity contribution >= 4 is 17.6 Å². The van der Waals surface area contributed by atoms with E-state index in [1.165, 1.54) is 12.4 Å². The first-order valence-corrected chi connectivity index (χ1v) is 7.22. The highest BCUT2D eigenvalue weighted by Gasteiger charge is 2.14. The van der Waals surface area contributed by atoms with E-state index in [1.807, 2.05) is 19.9 Å². The van der Waals surface area contributed by atoms with Crippen molar-refractivity contribution in [2.45, 2.75) is 13.8 Å². The second kappa shape index (κ2) is 5.81. The lowest BCUT2D eigenvalue weighted by atomic mass is 10.1. The van der Waals surface area contributed by atoms with Crippen LogP contribution in [0, 0.1) is 13.8 Å². The second-order valence-corrected chi connectivity index (χ2v) is 5.53. The van der Waals surface area contributed by atoms with Crippen LogP contribution >= 0.6 is 11.6 Å². The predicted octanol–water partition coefficient (Wildman–Crippen LogP) is 3.30. The van der Waals surface area contributed by atoms with E-state index in [1.54, 1.807) is 22.9 Å². The molecular weight excluding hydrogens is 316 g/mol. The van der Waals surface area contributed by atoms with Crippen LogP contribution in [0.3, 0.4) is 0 Å². The molecule has 0 saturated heterocycles. The number of halogens is 1. The van der Waals surface area contributed by atoms with Gasteiger partial charge in [0.05, 0.1) is 29.5 Å². The van der Waals surface area contributed by atoms with Crippen LogP contribution in [0.4, 0.5) is 0 Å². The van der Waals surface area contributed by atoms with Crippen LogP contribution in [-0.4, -0.2) is 30.8 Å². The van der Waals surface area contributed by atoms with Gasteiger partial charge in [-0.2, -0.15) is 5.10 Å². The maximum absolute atomic E-state index is 11.1. The summed E-state index contributed by atoms with van der Waals surface area (Å²) in [7, 11) is 0. The number of carbonyl (C=O) groups is 1. The Morgan fingerprint density at radius 1 is 1.22 bits per heavy atom. The summed E-state index contributed by atoms with van der Waals surface area (Å²) in [6.45, 7) is 3.84. The van der Waals surface area contributed by atoms with Gasteiger partial charge in [-0.25, -0.2) is 14.5 Å². The van der Waals surface area contributed by atoms with Gasteiger partial charge in [-0.1, -0.05) is 11.6 Å². The van der Waals surface area contributed by atoms with Crippen LogP contribution < -0.4 is 0 Å². The number of aromatic nitrogens is 4. The molecule has 23 heavy (non-hydrogen) atoms. The molecule has 1 N–H and O–H groups in total. The summed E-state index contributed by atoms with van der Waals surface area (Å²) >= 11 is 6.12. The van der Waals surface area contributed by atoms with Gasteiger partial charge < -0.3 is 5.11 Å². The Kier molecular flexibility index (Phi) is 3.83. The standard InChI is InChI=1S/C16H13ClN4O2/c1-9-5-10(2)21(20-9)15-6-11(17)3-4-12(15)13-7-18-8-14(19-13)16(22)23/h3-8H,1-2H3,(H,22,23). The molecule has 0 aliphatic carbocycles. The van der Waals surface area contributed by atoms with Crippen molar-refractivity contribution in [2.24, 2.45) is 0 Å². The topological polar surface area (TPSA) is 80.9 Å². The van der Waals surface area contributed by atoms with Crippen LogP contribution in [0.1, 0.15) is 21.9 Å². The number of benzene rings is 1. The Bertz CT molecular complexity index is 905. The summed E-state index contributed by atoms with van der Waals surface area (Å²) in [6, 6.07) is 7.22. The largest absolute Gasteiger partial charge is 0.476 e. The average Bonchev–Trinajstić information content (AvgIpc) is 2.86. The lowest BCUT2D eigenvalue weighted by Gasteiger charge is -2.11. The van der Waals surface area contributed by atoms with Crippen LogP contribution in [0.5, 0.6) is 0 Å². The van der Waals surface area contributed by atoms with E-state index in [0.717, 1.165) is 17.1 Å². The van der Waals surface area contributed by atoms with Crippen molar-refractivity contribution in [3.63, 3.8) is 0 Å². The van der Waals surface area contributed by atoms with Crippen molar-refractivity contribution in [1.82, 2.24) is 19.7 Å². The highest BCUT2D eigenvalue weighted by molar-refractivity contribution is 6.30. The fourth-order valence-electron chi connectivity index (χ4n) is 2.37. The van der Waals surface area contributed by atoms with Gasteiger partial charge in [0.15, 0.2) is 5.69 Å². The molecule has 1 aromatic carbocycles. The van der Waals surface area contributed by atoms with Crippen molar-refractivity contribution in [1.29, 1.82) is 0 Å². The van der Waals surface area contributed by atoms with Gasteiger partial charge in [0.25, 0.3) is 0 Å². The molecule has 0 bridgehead atoms. The molecular formula is C16H13ClN4O2. The third kappa shape index (κ3) is 2.93. The first kappa shape index (κ1) is 15.2. The summed E-state index contributed by atoms with van der Waals surface area (Å²) in [5.74, 6) is -1.12. The number of carboxylic acids is 1. The summed E-state index contributed by atoms with van der Waals surface area (Å²) in [4.78, 5) is 19.2. The minimum atomic E-state index is -1.12. The molecule has 0 amide bonds. The number of hydrogen-bond acceptors (Lipinski definition) is 4. The van der Waals surface area contributed by atoms with Crippen molar-refractivity contribution in [3.8, 4) is 16.9 Å². The Morgan fingerprint density at radius 3 is 2.65 bits per heavy atom. The molecule has 0 atom stereocenters. The first-order valence-electron chi connectivity index (χ1n) is 6.84. The third-order valence-electron chi connectivity index (χ3n) is 3.33. The molecule has 0 aliphatic rings. The minimum Gasteiger partial charge on any atom is -0.476 e. The smallest absolute Gasteiger partial charge is 0.356 e. The lowest BCUT2D eigenvalue weighted by Crippen LogP contribution is -2.05. The third-order valence-corrected chi connectivity index (χ3v) is 3.56. The number of rotatable bonds is 3. The van der Waals surface area contributed by atoms with Crippen LogP contribution in [0.25, 0.3) is 16.9 Å². The minimum absolute atomic E-state index is 0.114. The first-order chi connectivity index (χ1) is 11.0. The summed E-state index contributed by atoms with van der Waals surface area (Å²) in [5, 5.41) is 14.1. The molecule has 0 spiro atoms. The van der Waals surface area contributed by atoms with Crippen molar-refractivity contribution in [2.75, 3.05) is 0 Å². The van der Waals surface area contributed by atoms with Crippen molar-refractivity contribution < 1.29 is 9.90 Å². The Morgan fingerprint density at radius 2 is 2.00 bits per heavy atom. The van der Waals surface area contributed by atoms with Crippen LogP contribution in [0.2, 0.25) is 5.02 Å². The van der Waals surface area contributed by atoms with Gasteiger partial charge in [-0.15, -0.1) is 0 Å². The quantitative estimate of drug-likeness (QED) is 0.797. The zero-order chi connectivity index (χ0) is 16.6. The van der Waals surface area contributed by atoms with Crippen molar-refractivity contribution in [3.05, 3.63) is 58.8 Å². The van der Waals surface area contributed by atoms with E-state index in [9.17, 15) is 4.79 Å². The maximum atomic E-state index is 11.1. The number of nitrogens with zero attached hydrogens (tertiary/aromatic N) is 4. The van der Waals surface area contributed by atoms with Gasteiger partial charge in [0, 0.05) is 16.3 Å². The number of aromatic carboxylic acids is 1. The molecule has 116 valence electrons. The Labute approximate surface area is 137 Å². The molecule has 0 aliphatic heterocycles. The predicted molar refractivity (Wildman–Crippen MR) is 86.0 cm³/mol. The Hall–Kier alpha value is -2.73. The van der Waals surface area contributed by atoms with Gasteiger partial charge in [0.1, 0.15) is 0 Å². The zero-order valence-corrected chi connectivity index (χ0v) is 13.2. The van der Waals surface area contributed by atoms with E-state index in [-0.39, 0.29) is 5.69 Å². The number of hydrogen-bond donors (Lipinski definition) is 1. The van der Waals surface area contributed by atoms with E-state index in [4.69, 9.17) is 16.7 Å². The molecule has 3 rings (SSSR count). The molecule has 0 radical (unpaired) electrons. The second-order valence-electron chi connectivity index (χ2n) is 5.10. The molecule has 2 aromatic heterocycles. The monoisotopic (exact) mass is 328 g/mol. The van der Waals surface area contributed by atoms with Gasteiger partial charge in [-0.05, 0) is 38.1 Å². The molecule has 0 unspecified atom stereocenters. The van der Waals surface area contributed by atoms with Gasteiger partial charge in [0.2, 0.25) is 0 Å². The SMILES string of the molecule is Cc1cc(C)n(-c2cc(Cl)ccc2-c2cncc(C(=O)O)n2)n1. The van der Waals surface area contributed by atoms with E-state index < -0.39 is 5.97 Å². The normalized spacial score (nSPS) is 10.7. The highest BCUT2D eigenvalue weighted by Crippen LogP contribution is 2.28. The summed E-state index contributed by atoms with van der Waals surface area (Å²) in [6.07, 6.45) is 2.73. The average molecular weight is 329 g/mol. The fraction of sp³-hybridized carbons (Fsp3) is 0.125. The molecule has 3 aromatic rings. The van der Waals surface area contributed by atoms with E-state index in [2.05, 4.69) is 15.1 Å². The fourth-order valence-corrected chi connectivity index (χ4v) is 2.53. The van der Waals surface area contributed by atoms with Crippen LogP contribution in [0.15, 0.2) is 36.7 Å². The molecule has 6 nitrogen and oxygen atoms in total. The lowest BCUT2D eigenvalue weighted by molar-refractivity contribution is 0.0690.